The van der Waals surface area contributed by atoms with Crippen molar-refractivity contribution in [2.45, 2.75) is 34.6 Å². The van der Waals surface area contributed by atoms with E-state index in [1.165, 1.54) is 17.3 Å². The van der Waals surface area contributed by atoms with Crippen LogP contribution in [-0.2, 0) is 9.53 Å². The molecule has 4 rings (SSSR count). The number of amides is 1. The first-order chi connectivity index (χ1) is 16.3. The Labute approximate surface area is 203 Å². The maximum absolute atomic E-state index is 12.6. The predicted molar refractivity (Wildman–Crippen MR) is 138 cm³/mol. The number of hydrogen-bond donors (Lipinski definition) is 1. The second kappa shape index (κ2) is 9.73. The van der Waals surface area contributed by atoms with Gasteiger partial charge in [-0.05, 0) is 112 Å². The number of benzene rings is 2. The van der Waals surface area contributed by atoms with Gasteiger partial charge in [0.05, 0.1) is 22.8 Å². The second-order valence-electron chi connectivity index (χ2n) is 8.18. The maximum atomic E-state index is 12.6. The van der Waals surface area contributed by atoms with Crippen LogP contribution in [0.2, 0.25) is 0 Å². The van der Waals surface area contributed by atoms with Gasteiger partial charge in [0.15, 0.2) is 5.17 Å². The zero-order valence-electron chi connectivity index (χ0n) is 19.9. The first-order valence-electron chi connectivity index (χ1n) is 11.1. The Morgan fingerprint density at radius 2 is 1.79 bits per heavy atom. The van der Waals surface area contributed by atoms with Crippen molar-refractivity contribution in [3.8, 4) is 5.69 Å². The number of carbonyl (C=O) groups is 2. The van der Waals surface area contributed by atoms with Crippen molar-refractivity contribution >= 4 is 40.6 Å². The third-order valence-corrected chi connectivity index (χ3v) is 6.68. The molecule has 3 aromatic rings. The average molecular weight is 474 g/mol. The fourth-order valence-corrected chi connectivity index (χ4v) is 4.66. The van der Waals surface area contributed by atoms with Crippen LogP contribution in [0.1, 0.15) is 45.4 Å². The average Bonchev–Trinajstić information content (AvgIpc) is 3.28. The molecular weight excluding hydrogens is 446 g/mol. The monoisotopic (exact) mass is 473 g/mol. The number of esters is 1. The van der Waals surface area contributed by atoms with Crippen molar-refractivity contribution in [3.63, 3.8) is 0 Å². The molecule has 0 aliphatic carbocycles. The van der Waals surface area contributed by atoms with E-state index in [9.17, 15) is 9.59 Å². The minimum absolute atomic E-state index is 0.156. The van der Waals surface area contributed by atoms with Crippen molar-refractivity contribution in [3.05, 3.63) is 87.1 Å². The number of ether oxygens (including phenoxy) is 1. The molecule has 1 N–H and O–H groups in total. The Kier molecular flexibility index (Phi) is 6.75. The predicted octanol–water partition coefficient (Wildman–Crippen LogP) is 5.78. The van der Waals surface area contributed by atoms with Crippen LogP contribution < -0.4 is 5.32 Å². The summed E-state index contributed by atoms with van der Waals surface area (Å²) in [5.74, 6) is -0.487. The number of rotatable bonds is 5. The van der Waals surface area contributed by atoms with Gasteiger partial charge < -0.3 is 14.6 Å². The molecule has 2 aromatic carbocycles. The van der Waals surface area contributed by atoms with Crippen LogP contribution in [0.4, 0.5) is 5.69 Å². The third-order valence-electron chi connectivity index (χ3n) is 5.77. The van der Waals surface area contributed by atoms with Crippen LogP contribution in [0.25, 0.3) is 11.8 Å². The van der Waals surface area contributed by atoms with Gasteiger partial charge in [-0.1, -0.05) is 6.07 Å². The molecule has 1 saturated heterocycles. The molecule has 0 unspecified atom stereocenters. The van der Waals surface area contributed by atoms with Gasteiger partial charge in [0.25, 0.3) is 5.91 Å². The standard InChI is InChI=1S/C27H27N3O3S/c1-6-33-26(32)20-8-11-23(12-9-20)30-18(4)14-21(19(30)5)15-24-25(31)29-27(34-24)28-22-10-7-16(2)17(3)13-22/h7-15H,6H2,1-5H3,(H,28,29,31)/b24-15+. The largest absolute Gasteiger partial charge is 0.462 e. The summed E-state index contributed by atoms with van der Waals surface area (Å²) in [6, 6.07) is 15.4. The summed E-state index contributed by atoms with van der Waals surface area (Å²) in [6.45, 7) is 10.3. The Balaban J connectivity index is 1.59. The molecule has 0 atom stereocenters. The molecule has 1 amide bonds. The minimum atomic E-state index is -0.331. The first kappa shape index (κ1) is 23.6. The number of aromatic nitrogens is 1. The van der Waals surface area contributed by atoms with Gasteiger partial charge in [0.2, 0.25) is 0 Å². The van der Waals surface area contributed by atoms with Gasteiger partial charge in [0.1, 0.15) is 0 Å². The SMILES string of the molecule is CCOC(=O)c1ccc(-n2c(C)cc(/C=C3/SC(=Nc4ccc(C)c(C)c4)NC3=O)c2C)cc1. The fraction of sp³-hybridized carbons (Fsp3) is 0.222. The summed E-state index contributed by atoms with van der Waals surface area (Å²) in [5, 5.41) is 3.43. The van der Waals surface area contributed by atoms with Gasteiger partial charge in [0, 0.05) is 17.1 Å². The number of nitrogens with one attached hydrogen (secondary N) is 1. The van der Waals surface area contributed by atoms with E-state index in [-0.39, 0.29) is 11.9 Å². The van der Waals surface area contributed by atoms with Crippen LogP contribution in [-0.4, -0.2) is 28.2 Å². The first-order valence-corrected chi connectivity index (χ1v) is 11.9. The quantitative estimate of drug-likeness (QED) is 0.377. The topological polar surface area (TPSA) is 72.7 Å². The van der Waals surface area contributed by atoms with Gasteiger partial charge in [-0.15, -0.1) is 0 Å². The van der Waals surface area contributed by atoms with Crippen LogP contribution in [0, 0.1) is 27.7 Å². The Hall–Kier alpha value is -3.58. The molecule has 7 heteroatoms. The Morgan fingerprint density at radius 1 is 1.06 bits per heavy atom. The molecule has 1 aliphatic rings. The number of aliphatic imine (C=N–C) groups is 1. The number of hydrogen-bond acceptors (Lipinski definition) is 5. The molecular formula is C27H27N3O3S. The highest BCUT2D eigenvalue weighted by Crippen LogP contribution is 2.31. The lowest BCUT2D eigenvalue weighted by Crippen LogP contribution is -2.19. The number of aryl methyl sites for hydroxylation is 3. The lowest BCUT2D eigenvalue weighted by atomic mass is 10.1. The van der Waals surface area contributed by atoms with Gasteiger partial charge in [-0.2, -0.15) is 0 Å². The van der Waals surface area contributed by atoms with E-state index >= 15 is 0 Å². The molecule has 1 aliphatic heterocycles. The maximum Gasteiger partial charge on any atom is 0.338 e. The van der Waals surface area contributed by atoms with Gasteiger partial charge in [-0.25, -0.2) is 9.79 Å². The van der Waals surface area contributed by atoms with E-state index in [2.05, 4.69) is 21.8 Å². The molecule has 0 saturated carbocycles. The molecule has 1 fully saturated rings. The summed E-state index contributed by atoms with van der Waals surface area (Å²) >= 11 is 1.34. The number of nitrogens with zero attached hydrogens (tertiary/aromatic N) is 2. The van der Waals surface area contributed by atoms with E-state index in [1.807, 2.05) is 63.2 Å². The molecule has 0 bridgehead atoms. The van der Waals surface area contributed by atoms with Crippen molar-refractivity contribution in [1.82, 2.24) is 9.88 Å². The summed E-state index contributed by atoms with van der Waals surface area (Å²) < 4.78 is 7.16. The number of carbonyl (C=O) groups excluding carboxylic acids is 2. The Morgan fingerprint density at radius 3 is 2.47 bits per heavy atom. The zero-order chi connectivity index (χ0) is 24.4. The Bertz CT molecular complexity index is 1330. The van der Waals surface area contributed by atoms with Crippen molar-refractivity contribution < 1.29 is 14.3 Å². The molecule has 34 heavy (non-hydrogen) atoms. The van der Waals surface area contributed by atoms with E-state index in [0.717, 1.165) is 33.9 Å². The molecule has 0 radical (unpaired) electrons. The highest BCUT2D eigenvalue weighted by atomic mass is 32.2. The smallest absolute Gasteiger partial charge is 0.338 e. The molecule has 6 nitrogen and oxygen atoms in total. The van der Waals surface area contributed by atoms with Crippen molar-refractivity contribution in [1.29, 1.82) is 0 Å². The van der Waals surface area contributed by atoms with E-state index in [1.54, 1.807) is 19.1 Å². The summed E-state index contributed by atoms with van der Waals surface area (Å²) in [4.78, 5) is 29.7. The van der Waals surface area contributed by atoms with Crippen LogP contribution in [0.3, 0.4) is 0 Å². The molecule has 2 heterocycles. The lowest BCUT2D eigenvalue weighted by Gasteiger charge is -2.10. The van der Waals surface area contributed by atoms with Crippen molar-refractivity contribution in [2.75, 3.05) is 6.61 Å². The van der Waals surface area contributed by atoms with E-state index < -0.39 is 0 Å². The summed E-state index contributed by atoms with van der Waals surface area (Å²) in [6.07, 6.45) is 1.90. The van der Waals surface area contributed by atoms with Gasteiger partial charge >= 0.3 is 5.97 Å². The van der Waals surface area contributed by atoms with Crippen LogP contribution in [0.5, 0.6) is 0 Å². The minimum Gasteiger partial charge on any atom is -0.462 e. The summed E-state index contributed by atoms with van der Waals surface area (Å²) in [5.41, 5.74) is 7.63. The highest BCUT2D eigenvalue weighted by molar-refractivity contribution is 8.18. The van der Waals surface area contributed by atoms with Crippen LogP contribution in [0.15, 0.2) is 58.4 Å². The fourth-order valence-electron chi connectivity index (χ4n) is 3.83. The highest BCUT2D eigenvalue weighted by Gasteiger charge is 2.24. The van der Waals surface area contributed by atoms with E-state index in [0.29, 0.717) is 22.2 Å². The lowest BCUT2D eigenvalue weighted by molar-refractivity contribution is -0.115. The third kappa shape index (κ3) is 4.84. The van der Waals surface area contributed by atoms with Crippen molar-refractivity contribution in [2.24, 2.45) is 4.99 Å². The second-order valence-corrected chi connectivity index (χ2v) is 9.21. The van der Waals surface area contributed by atoms with E-state index in [4.69, 9.17) is 4.74 Å². The summed E-state index contributed by atoms with van der Waals surface area (Å²) in [7, 11) is 0. The molecule has 0 spiro atoms. The normalized spacial score (nSPS) is 15.7. The van der Waals surface area contributed by atoms with Crippen LogP contribution >= 0.6 is 11.8 Å². The molecule has 174 valence electrons. The number of amidine groups is 1. The zero-order valence-corrected chi connectivity index (χ0v) is 20.7. The van der Waals surface area contributed by atoms with Gasteiger partial charge in [-0.3, -0.25) is 4.79 Å². The number of thioether (sulfide) groups is 1. The molecule has 1 aromatic heterocycles.